The van der Waals surface area contributed by atoms with E-state index in [2.05, 4.69) is 23.6 Å². The highest BCUT2D eigenvalue weighted by Crippen LogP contribution is 2.45. The molecule has 2 saturated heterocycles. The molecule has 2 fully saturated rings. The van der Waals surface area contributed by atoms with E-state index in [1.807, 2.05) is 30.0 Å². The second kappa shape index (κ2) is 8.11. The van der Waals surface area contributed by atoms with Crippen molar-refractivity contribution >= 4 is 29.3 Å². The first-order chi connectivity index (χ1) is 11.7. The van der Waals surface area contributed by atoms with Crippen molar-refractivity contribution in [2.75, 3.05) is 12.3 Å². The molecule has 3 nitrogen and oxygen atoms in total. The van der Waals surface area contributed by atoms with E-state index in [4.69, 9.17) is 11.6 Å². The van der Waals surface area contributed by atoms with Gasteiger partial charge in [0.2, 0.25) is 5.91 Å². The molecule has 2 heterocycles. The Morgan fingerprint density at radius 1 is 1.42 bits per heavy atom. The van der Waals surface area contributed by atoms with E-state index in [0.29, 0.717) is 12.1 Å². The molecule has 0 aromatic heterocycles. The van der Waals surface area contributed by atoms with E-state index in [0.717, 1.165) is 48.8 Å². The summed E-state index contributed by atoms with van der Waals surface area (Å²) in [6.07, 6.45) is 5.34. The van der Waals surface area contributed by atoms with Crippen LogP contribution in [0.1, 0.15) is 44.6 Å². The topological polar surface area (TPSA) is 41.1 Å². The van der Waals surface area contributed by atoms with Gasteiger partial charge in [0.25, 0.3) is 0 Å². The van der Waals surface area contributed by atoms with Gasteiger partial charge >= 0.3 is 0 Å². The Hall–Kier alpha value is -0.710. The molecule has 2 N–H and O–H groups in total. The molecule has 3 atom stereocenters. The summed E-state index contributed by atoms with van der Waals surface area (Å²) in [4.78, 5) is 12.7. The van der Waals surface area contributed by atoms with E-state index < -0.39 is 0 Å². The molecule has 2 aliphatic heterocycles. The summed E-state index contributed by atoms with van der Waals surface area (Å²) in [6.45, 7) is 2.93. The third-order valence-electron chi connectivity index (χ3n) is 5.57. The van der Waals surface area contributed by atoms with E-state index in [1.165, 1.54) is 12.0 Å². The van der Waals surface area contributed by atoms with Crippen molar-refractivity contribution in [3.8, 4) is 0 Å². The number of carbonyl (C=O) groups is 1. The lowest BCUT2D eigenvalue weighted by atomic mass is 9.71. The van der Waals surface area contributed by atoms with Crippen LogP contribution in [0.15, 0.2) is 24.3 Å². The normalized spacial score (nSPS) is 28.2. The van der Waals surface area contributed by atoms with E-state index in [-0.39, 0.29) is 11.3 Å². The number of hydrogen-bond donors (Lipinski definition) is 2. The monoisotopic (exact) mass is 366 g/mol. The van der Waals surface area contributed by atoms with Crippen LogP contribution in [0, 0.1) is 5.41 Å². The summed E-state index contributed by atoms with van der Waals surface area (Å²) in [5.74, 6) is 2.23. The SMILES string of the molecule is CC[C@@]1(C(=O)NCCCSCc2ccccc2Cl)C[C@@H]2CC[C@H]1N2. The number of rotatable bonds is 8. The van der Waals surface area contributed by atoms with Crippen molar-refractivity contribution in [3.63, 3.8) is 0 Å². The third kappa shape index (κ3) is 3.76. The predicted molar refractivity (Wildman–Crippen MR) is 103 cm³/mol. The molecule has 0 radical (unpaired) electrons. The third-order valence-corrected chi connectivity index (χ3v) is 7.03. The van der Waals surface area contributed by atoms with E-state index in [1.54, 1.807) is 0 Å². The fraction of sp³-hybridized carbons (Fsp3) is 0.632. The molecule has 1 aromatic rings. The lowest BCUT2D eigenvalue weighted by molar-refractivity contribution is -0.132. The summed E-state index contributed by atoms with van der Waals surface area (Å²) in [6, 6.07) is 8.94. The largest absolute Gasteiger partial charge is 0.356 e. The number of fused-ring (bicyclic) bond motifs is 2. The Morgan fingerprint density at radius 3 is 2.92 bits per heavy atom. The molecular formula is C19H27ClN2OS. The van der Waals surface area contributed by atoms with Crippen LogP contribution in [0.3, 0.4) is 0 Å². The minimum Gasteiger partial charge on any atom is -0.356 e. The first kappa shape index (κ1) is 18.1. The maximum absolute atomic E-state index is 12.7. The smallest absolute Gasteiger partial charge is 0.227 e. The van der Waals surface area contributed by atoms with Crippen molar-refractivity contribution in [3.05, 3.63) is 34.9 Å². The van der Waals surface area contributed by atoms with E-state index >= 15 is 0 Å². The molecule has 0 spiro atoms. The number of halogens is 1. The van der Waals surface area contributed by atoms with E-state index in [9.17, 15) is 4.79 Å². The fourth-order valence-corrected chi connectivity index (χ4v) is 5.40. The zero-order valence-corrected chi connectivity index (χ0v) is 15.9. The summed E-state index contributed by atoms with van der Waals surface area (Å²) in [5.41, 5.74) is 1.03. The molecule has 1 amide bonds. The van der Waals surface area contributed by atoms with Gasteiger partial charge < -0.3 is 10.6 Å². The highest BCUT2D eigenvalue weighted by atomic mass is 35.5. The number of thioether (sulfide) groups is 1. The summed E-state index contributed by atoms with van der Waals surface area (Å²) in [7, 11) is 0. The second-order valence-corrected chi connectivity index (χ2v) is 8.47. The zero-order chi connectivity index (χ0) is 17.0. The first-order valence-electron chi connectivity index (χ1n) is 9.01. The molecule has 24 heavy (non-hydrogen) atoms. The zero-order valence-electron chi connectivity index (χ0n) is 14.3. The average Bonchev–Trinajstić information content (AvgIpc) is 3.20. The van der Waals surface area contributed by atoms with Gasteiger partial charge in [-0.25, -0.2) is 0 Å². The number of carbonyl (C=O) groups excluding carboxylic acids is 1. The van der Waals surface area contributed by atoms with Crippen LogP contribution in [-0.4, -0.2) is 30.3 Å². The molecule has 2 aliphatic rings. The van der Waals surface area contributed by atoms with Gasteiger partial charge in [-0.1, -0.05) is 36.7 Å². The van der Waals surface area contributed by atoms with Gasteiger partial charge in [-0.3, -0.25) is 4.79 Å². The van der Waals surface area contributed by atoms with Crippen LogP contribution in [-0.2, 0) is 10.5 Å². The van der Waals surface area contributed by atoms with Gasteiger partial charge in [-0.15, -0.1) is 0 Å². The van der Waals surface area contributed by atoms with Crippen molar-refractivity contribution in [2.45, 2.75) is 56.9 Å². The minimum atomic E-state index is -0.159. The van der Waals surface area contributed by atoms with Crippen LogP contribution in [0.2, 0.25) is 5.02 Å². The Kier molecular flexibility index (Phi) is 6.12. The first-order valence-corrected chi connectivity index (χ1v) is 10.5. The molecule has 5 heteroatoms. The van der Waals surface area contributed by atoms with Gasteiger partial charge in [0.05, 0.1) is 5.41 Å². The molecule has 3 rings (SSSR count). The Morgan fingerprint density at radius 2 is 2.25 bits per heavy atom. The lowest BCUT2D eigenvalue weighted by Gasteiger charge is -2.34. The van der Waals surface area contributed by atoms with Crippen molar-refractivity contribution < 1.29 is 4.79 Å². The maximum atomic E-state index is 12.7. The summed E-state index contributed by atoms with van der Waals surface area (Å²) in [5, 5.41) is 7.64. The number of nitrogens with one attached hydrogen (secondary N) is 2. The van der Waals surface area contributed by atoms with Gasteiger partial charge in [-0.05, 0) is 49.5 Å². The van der Waals surface area contributed by atoms with Crippen LogP contribution in [0.4, 0.5) is 0 Å². The Labute approximate surface area is 154 Å². The molecular weight excluding hydrogens is 340 g/mol. The minimum absolute atomic E-state index is 0.159. The molecule has 132 valence electrons. The van der Waals surface area contributed by atoms with Crippen LogP contribution >= 0.6 is 23.4 Å². The van der Waals surface area contributed by atoms with Crippen molar-refractivity contribution in [1.29, 1.82) is 0 Å². The standard InChI is InChI=1S/C19H27ClN2OS/c1-2-19(12-15-8-9-17(19)22-15)18(23)21-10-5-11-24-13-14-6-3-4-7-16(14)20/h3-4,6-7,15,17,22H,2,5,8-13H2,1H3,(H,21,23)/t15-,17+,19+/m0/s1. The molecule has 0 saturated carbocycles. The van der Waals surface area contributed by atoms with Gasteiger partial charge in [0, 0.05) is 29.4 Å². The lowest BCUT2D eigenvalue weighted by Crippen LogP contribution is -2.48. The maximum Gasteiger partial charge on any atom is 0.227 e. The van der Waals surface area contributed by atoms with Crippen molar-refractivity contribution in [2.24, 2.45) is 5.41 Å². The molecule has 2 bridgehead atoms. The van der Waals surface area contributed by atoms with Crippen molar-refractivity contribution in [1.82, 2.24) is 10.6 Å². The fourth-order valence-electron chi connectivity index (χ4n) is 4.15. The molecule has 1 aromatic carbocycles. The Balaban J connectivity index is 1.36. The summed E-state index contributed by atoms with van der Waals surface area (Å²) < 4.78 is 0. The average molecular weight is 367 g/mol. The quantitative estimate of drug-likeness (QED) is 0.683. The second-order valence-electron chi connectivity index (χ2n) is 6.96. The van der Waals surface area contributed by atoms with Crippen LogP contribution < -0.4 is 10.6 Å². The summed E-state index contributed by atoms with van der Waals surface area (Å²) >= 11 is 8.04. The Bertz CT molecular complexity index is 582. The number of amides is 1. The highest BCUT2D eigenvalue weighted by Gasteiger charge is 2.54. The molecule has 0 aliphatic carbocycles. The van der Waals surface area contributed by atoms with Crippen LogP contribution in [0.5, 0.6) is 0 Å². The number of hydrogen-bond acceptors (Lipinski definition) is 3. The highest BCUT2D eigenvalue weighted by molar-refractivity contribution is 7.98. The van der Waals surface area contributed by atoms with Gasteiger partial charge in [0.15, 0.2) is 0 Å². The molecule has 0 unspecified atom stereocenters. The van der Waals surface area contributed by atoms with Gasteiger partial charge in [-0.2, -0.15) is 11.8 Å². The van der Waals surface area contributed by atoms with Gasteiger partial charge in [0.1, 0.15) is 0 Å². The number of benzene rings is 1. The predicted octanol–water partition coefficient (Wildman–Crippen LogP) is 4.00. The van der Waals surface area contributed by atoms with Crippen LogP contribution in [0.25, 0.3) is 0 Å².